The lowest BCUT2D eigenvalue weighted by Crippen LogP contribution is -2.37. The van der Waals surface area contributed by atoms with E-state index in [2.05, 4.69) is 9.97 Å². The summed E-state index contributed by atoms with van der Waals surface area (Å²) >= 11 is 0. The maximum absolute atomic E-state index is 10.9. The van der Waals surface area contributed by atoms with E-state index in [4.69, 9.17) is 5.73 Å². The zero-order valence-electron chi connectivity index (χ0n) is 9.96. The number of aromatic nitrogens is 2. The Morgan fingerprint density at radius 3 is 2.47 bits per heavy atom. The molecule has 0 spiro atoms. The molecule has 0 saturated heterocycles. The predicted molar refractivity (Wildman–Crippen MR) is 66.7 cm³/mol. The van der Waals surface area contributed by atoms with Crippen molar-refractivity contribution >= 4 is 18.3 Å². The molecule has 0 fully saturated rings. The van der Waals surface area contributed by atoms with E-state index in [1.807, 2.05) is 6.92 Å². The van der Waals surface area contributed by atoms with Gasteiger partial charge >= 0.3 is 0 Å². The minimum atomic E-state index is -1.16. The molecule has 0 aromatic carbocycles. The first-order chi connectivity index (χ1) is 7.47. The number of aliphatic hydroxyl groups is 1. The number of nitrogens with zero attached hydrogens (tertiary/aromatic N) is 2. The standard InChI is InChI=1S/C11H17N3O2.ClH/c1-3-9(8-5-13-7-14-6-8)11(2,16)4-10(12)15;/h5-7,9,16H,3-4H2,1-2H3,(H2,12,15);1H. The first-order valence-electron chi connectivity index (χ1n) is 5.23. The molecule has 0 aliphatic rings. The number of hydrogen-bond acceptors (Lipinski definition) is 4. The lowest BCUT2D eigenvalue weighted by atomic mass is 9.80. The van der Waals surface area contributed by atoms with Crippen molar-refractivity contribution in [2.24, 2.45) is 5.73 Å². The molecule has 0 aliphatic heterocycles. The smallest absolute Gasteiger partial charge is 0.220 e. The van der Waals surface area contributed by atoms with E-state index >= 15 is 0 Å². The van der Waals surface area contributed by atoms with Crippen LogP contribution in [0.5, 0.6) is 0 Å². The van der Waals surface area contributed by atoms with E-state index in [1.54, 1.807) is 19.3 Å². The number of hydrogen-bond donors (Lipinski definition) is 2. The van der Waals surface area contributed by atoms with Crippen molar-refractivity contribution in [3.63, 3.8) is 0 Å². The van der Waals surface area contributed by atoms with Crippen LogP contribution < -0.4 is 5.73 Å². The van der Waals surface area contributed by atoms with Crippen LogP contribution in [-0.4, -0.2) is 26.6 Å². The second-order valence-electron chi connectivity index (χ2n) is 4.13. The van der Waals surface area contributed by atoms with Gasteiger partial charge in [-0.25, -0.2) is 9.97 Å². The van der Waals surface area contributed by atoms with Gasteiger partial charge in [-0.1, -0.05) is 6.92 Å². The van der Waals surface area contributed by atoms with Crippen molar-refractivity contribution in [3.05, 3.63) is 24.3 Å². The van der Waals surface area contributed by atoms with Crippen molar-refractivity contribution in [1.82, 2.24) is 9.97 Å². The zero-order valence-corrected chi connectivity index (χ0v) is 10.8. The van der Waals surface area contributed by atoms with Crippen LogP contribution in [0.3, 0.4) is 0 Å². The molecule has 1 amide bonds. The second kappa shape index (κ2) is 6.51. The highest BCUT2D eigenvalue weighted by molar-refractivity contribution is 5.85. The molecule has 1 aromatic rings. The number of amides is 1. The van der Waals surface area contributed by atoms with Crippen molar-refractivity contribution in [3.8, 4) is 0 Å². The van der Waals surface area contributed by atoms with Crippen LogP contribution in [0.25, 0.3) is 0 Å². The van der Waals surface area contributed by atoms with Gasteiger partial charge in [0.05, 0.1) is 12.0 Å². The first-order valence-corrected chi connectivity index (χ1v) is 5.23. The van der Waals surface area contributed by atoms with Crippen molar-refractivity contribution in [2.45, 2.75) is 38.2 Å². The van der Waals surface area contributed by atoms with Gasteiger partial charge < -0.3 is 10.8 Å². The quantitative estimate of drug-likeness (QED) is 0.826. The predicted octanol–water partition coefficient (Wildman–Crippen LogP) is 1.02. The van der Waals surface area contributed by atoms with E-state index in [9.17, 15) is 9.90 Å². The molecule has 3 N–H and O–H groups in total. The molecule has 0 aliphatic carbocycles. The van der Waals surface area contributed by atoms with Crippen LogP contribution in [0.15, 0.2) is 18.7 Å². The molecule has 0 saturated carbocycles. The molecule has 0 radical (unpaired) electrons. The Bertz CT molecular complexity index is 357. The van der Waals surface area contributed by atoms with E-state index in [0.29, 0.717) is 6.42 Å². The third kappa shape index (κ3) is 4.28. The van der Waals surface area contributed by atoms with Gasteiger partial charge in [0.2, 0.25) is 5.91 Å². The van der Waals surface area contributed by atoms with Gasteiger partial charge in [-0.3, -0.25) is 4.79 Å². The van der Waals surface area contributed by atoms with Gasteiger partial charge in [-0.2, -0.15) is 0 Å². The Morgan fingerprint density at radius 1 is 1.53 bits per heavy atom. The Balaban J connectivity index is 0.00000256. The van der Waals surface area contributed by atoms with Crippen LogP contribution in [0.2, 0.25) is 0 Å². The van der Waals surface area contributed by atoms with Crippen LogP contribution in [0.1, 0.15) is 38.2 Å². The highest BCUT2D eigenvalue weighted by Gasteiger charge is 2.33. The number of halogens is 1. The molecule has 2 atom stereocenters. The van der Waals surface area contributed by atoms with E-state index in [1.165, 1.54) is 6.33 Å². The molecule has 2 unspecified atom stereocenters. The van der Waals surface area contributed by atoms with Crippen LogP contribution >= 0.6 is 12.4 Å². The molecule has 5 nitrogen and oxygen atoms in total. The highest BCUT2D eigenvalue weighted by Crippen LogP contribution is 2.32. The summed E-state index contributed by atoms with van der Waals surface area (Å²) in [6, 6.07) is 0. The van der Waals surface area contributed by atoms with Gasteiger partial charge in [0.25, 0.3) is 0 Å². The molecule has 1 rings (SSSR count). The minimum Gasteiger partial charge on any atom is -0.389 e. The van der Waals surface area contributed by atoms with Gasteiger partial charge in [-0.15, -0.1) is 12.4 Å². The van der Waals surface area contributed by atoms with Gasteiger partial charge in [0, 0.05) is 18.3 Å². The second-order valence-corrected chi connectivity index (χ2v) is 4.13. The first kappa shape index (κ1) is 15.8. The summed E-state index contributed by atoms with van der Waals surface area (Å²) in [5.74, 6) is -0.707. The van der Waals surface area contributed by atoms with E-state index in [0.717, 1.165) is 5.56 Å². The van der Waals surface area contributed by atoms with E-state index < -0.39 is 11.5 Å². The largest absolute Gasteiger partial charge is 0.389 e. The lowest BCUT2D eigenvalue weighted by molar-refractivity contribution is -0.123. The monoisotopic (exact) mass is 259 g/mol. The summed E-state index contributed by atoms with van der Waals surface area (Å²) in [4.78, 5) is 18.7. The molecule has 6 heteroatoms. The number of primary amides is 1. The summed E-state index contributed by atoms with van der Waals surface area (Å²) in [6.45, 7) is 3.55. The Labute approximate surface area is 107 Å². The molecular formula is C11H18ClN3O2. The average molecular weight is 260 g/mol. The maximum atomic E-state index is 10.9. The summed E-state index contributed by atoms with van der Waals surface area (Å²) in [6.07, 6.45) is 5.35. The number of carbonyl (C=O) groups excluding carboxylic acids is 1. The van der Waals surface area contributed by atoms with Gasteiger partial charge in [-0.05, 0) is 18.9 Å². The molecule has 1 heterocycles. The Morgan fingerprint density at radius 2 is 2.06 bits per heavy atom. The SMILES string of the molecule is CCC(c1cncnc1)C(C)(O)CC(N)=O.Cl. The molecule has 17 heavy (non-hydrogen) atoms. The highest BCUT2D eigenvalue weighted by atomic mass is 35.5. The van der Waals surface area contributed by atoms with Crippen LogP contribution in [0, 0.1) is 0 Å². The average Bonchev–Trinajstić information content (AvgIpc) is 2.17. The van der Waals surface area contributed by atoms with Gasteiger partial charge in [0.1, 0.15) is 6.33 Å². The summed E-state index contributed by atoms with van der Waals surface area (Å²) < 4.78 is 0. The number of carbonyl (C=O) groups is 1. The third-order valence-electron chi connectivity index (χ3n) is 2.67. The fourth-order valence-corrected chi connectivity index (χ4v) is 2.00. The number of rotatable bonds is 5. The van der Waals surface area contributed by atoms with Crippen molar-refractivity contribution in [2.75, 3.05) is 0 Å². The van der Waals surface area contributed by atoms with E-state index in [-0.39, 0.29) is 24.7 Å². The molecule has 96 valence electrons. The number of nitrogens with two attached hydrogens (primary N) is 1. The van der Waals surface area contributed by atoms with Gasteiger partial charge in [0.15, 0.2) is 0 Å². The minimum absolute atomic E-state index is 0. The van der Waals surface area contributed by atoms with Crippen LogP contribution in [0.4, 0.5) is 0 Å². The topological polar surface area (TPSA) is 89.1 Å². The summed E-state index contributed by atoms with van der Waals surface area (Å²) in [7, 11) is 0. The summed E-state index contributed by atoms with van der Waals surface area (Å²) in [5.41, 5.74) is 4.77. The fraction of sp³-hybridized carbons (Fsp3) is 0.545. The van der Waals surface area contributed by atoms with Crippen molar-refractivity contribution in [1.29, 1.82) is 0 Å². The third-order valence-corrected chi connectivity index (χ3v) is 2.67. The lowest BCUT2D eigenvalue weighted by Gasteiger charge is -2.31. The molecule has 0 bridgehead atoms. The normalized spacial score (nSPS) is 15.5. The molecule has 1 aromatic heterocycles. The zero-order chi connectivity index (χ0) is 12.2. The fourth-order valence-electron chi connectivity index (χ4n) is 2.00. The maximum Gasteiger partial charge on any atom is 0.220 e. The summed E-state index contributed by atoms with van der Waals surface area (Å²) in [5, 5.41) is 10.2. The Kier molecular flexibility index (Phi) is 6.05. The van der Waals surface area contributed by atoms with Crippen LogP contribution in [-0.2, 0) is 4.79 Å². The van der Waals surface area contributed by atoms with Crippen molar-refractivity contribution < 1.29 is 9.90 Å². The Hall–Kier alpha value is -1.20. The molecular weight excluding hydrogens is 242 g/mol.